The van der Waals surface area contributed by atoms with E-state index in [0.29, 0.717) is 35.9 Å². The second-order valence-electron chi connectivity index (χ2n) is 10.8. The van der Waals surface area contributed by atoms with Crippen molar-refractivity contribution in [3.63, 3.8) is 0 Å². The molecule has 2 atom stereocenters. The van der Waals surface area contributed by atoms with Gasteiger partial charge in [-0.2, -0.15) is 0 Å². The standard InChI is InChI=1S/C30H39FN2O4/c1-4-37-22-12-10-20(11-13-22)14-29(34)32-27-16-24(23-15-25(23)30(35)36)26(31)17-28(27)33(18-19(2)3)21-8-6-5-7-9-21/h10-13,16-17,19,21,23,25H,4-9,14-15,18H2,1-3H3,(H,32,34)(H,35,36)/t23-,25-/m1/s1. The zero-order valence-corrected chi connectivity index (χ0v) is 22.1. The zero-order chi connectivity index (χ0) is 26.5. The monoisotopic (exact) mass is 510 g/mol. The van der Waals surface area contributed by atoms with Gasteiger partial charge in [-0.1, -0.05) is 45.2 Å². The molecule has 37 heavy (non-hydrogen) atoms. The molecule has 0 aromatic heterocycles. The summed E-state index contributed by atoms with van der Waals surface area (Å²) in [6.07, 6.45) is 6.17. The smallest absolute Gasteiger partial charge is 0.307 e. The SMILES string of the molecule is CCOc1ccc(CC(=O)Nc2cc([C@H]3C[C@H]3C(=O)O)c(F)cc2N(CC(C)C)C2CCCCC2)cc1. The average molecular weight is 511 g/mol. The normalized spacial score (nSPS) is 19.5. The van der Waals surface area contributed by atoms with Crippen LogP contribution in [0.4, 0.5) is 15.8 Å². The minimum atomic E-state index is -0.904. The van der Waals surface area contributed by atoms with Crippen LogP contribution in [0.5, 0.6) is 5.75 Å². The van der Waals surface area contributed by atoms with E-state index in [2.05, 4.69) is 24.1 Å². The lowest BCUT2D eigenvalue weighted by Crippen LogP contribution is -2.40. The number of ether oxygens (including phenoxy) is 1. The van der Waals surface area contributed by atoms with Crippen molar-refractivity contribution in [3.05, 3.63) is 53.3 Å². The highest BCUT2D eigenvalue weighted by molar-refractivity contribution is 5.96. The van der Waals surface area contributed by atoms with Crippen molar-refractivity contribution in [2.45, 2.75) is 77.7 Å². The van der Waals surface area contributed by atoms with Gasteiger partial charge in [0.25, 0.3) is 0 Å². The van der Waals surface area contributed by atoms with Crippen molar-refractivity contribution >= 4 is 23.3 Å². The molecule has 2 aromatic rings. The average Bonchev–Trinajstić information content (AvgIpc) is 3.66. The molecule has 0 unspecified atom stereocenters. The molecule has 0 saturated heterocycles. The van der Waals surface area contributed by atoms with Gasteiger partial charge in [-0.15, -0.1) is 0 Å². The Kier molecular flexibility index (Phi) is 8.72. The molecule has 2 aliphatic rings. The predicted octanol–water partition coefficient (Wildman–Crippen LogP) is 6.39. The quantitative estimate of drug-likeness (QED) is 0.366. The van der Waals surface area contributed by atoms with Crippen LogP contribution in [0.3, 0.4) is 0 Å². The molecule has 2 saturated carbocycles. The molecule has 2 fully saturated rings. The number of hydrogen-bond acceptors (Lipinski definition) is 4. The van der Waals surface area contributed by atoms with Crippen molar-refractivity contribution in [3.8, 4) is 5.75 Å². The van der Waals surface area contributed by atoms with Gasteiger partial charge in [-0.05, 0) is 67.5 Å². The predicted molar refractivity (Wildman–Crippen MR) is 144 cm³/mol. The van der Waals surface area contributed by atoms with Crippen LogP contribution < -0.4 is 15.0 Å². The third-order valence-electron chi connectivity index (χ3n) is 7.38. The van der Waals surface area contributed by atoms with Crippen LogP contribution in [0.25, 0.3) is 0 Å². The van der Waals surface area contributed by atoms with Crippen LogP contribution in [0.1, 0.15) is 76.3 Å². The number of carboxylic acid groups (broad SMARTS) is 1. The summed E-state index contributed by atoms with van der Waals surface area (Å²) in [5.74, 6) is -1.31. The van der Waals surface area contributed by atoms with Crippen LogP contribution in [0.15, 0.2) is 36.4 Å². The van der Waals surface area contributed by atoms with E-state index in [1.54, 1.807) is 6.07 Å². The fraction of sp³-hybridized carbons (Fsp3) is 0.533. The number of carboxylic acids is 1. The molecule has 0 radical (unpaired) electrons. The highest BCUT2D eigenvalue weighted by Gasteiger charge is 2.46. The third kappa shape index (κ3) is 6.82. The van der Waals surface area contributed by atoms with Crippen molar-refractivity contribution < 1.29 is 23.8 Å². The van der Waals surface area contributed by atoms with E-state index in [1.807, 2.05) is 31.2 Å². The fourth-order valence-corrected chi connectivity index (χ4v) is 5.49. The van der Waals surface area contributed by atoms with E-state index < -0.39 is 17.7 Å². The van der Waals surface area contributed by atoms with E-state index in [9.17, 15) is 14.7 Å². The Morgan fingerprint density at radius 3 is 2.43 bits per heavy atom. The van der Waals surface area contributed by atoms with Gasteiger partial charge in [0, 0.05) is 18.5 Å². The molecule has 0 spiro atoms. The Balaban J connectivity index is 1.64. The Labute approximate surface area is 219 Å². The van der Waals surface area contributed by atoms with Gasteiger partial charge >= 0.3 is 5.97 Å². The molecule has 2 aromatic carbocycles. The molecular formula is C30H39FN2O4. The number of nitrogens with zero attached hydrogens (tertiary/aromatic N) is 1. The highest BCUT2D eigenvalue weighted by Crippen LogP contribution is 2.50. The van der Waals surface area contributed by atoms with Gasteiger partial charge in [-0.25, -0.2) is 4.39 Å². The molecule has 2 aliphatic carbocycles. The lowest BCUT2D eigenvalue weighted by molar-refractivity contribution is -0.138. The summed E-state index contributed by atoms with van der Waals surface area (Å²) in [7, 11) is 0. The van der Waals surface area contributed by atoms with E-state index in [0.717, 1.165) is 43.5 Å². The zero-order valence-electron chi connectivity index (χ0n) is 22.1. The van der Waals surface area contributed by atoms with Gasteiger partial charge in [0.15, 0.2) is 0 Å². The fourth-order valence-electron chi connectivity index (χ4n) is 5.49. The molecular weight excluding hydrogens is 471 g/mol. The van der Waals surface area contributed by atoms with Crippen molar-refractivity contribution in [1.29, 1.82) is 0 Å². The molecule has 2 N–H and O–H groups in total. The van der Waals surface area contributed by atoms with Crippen LogP contribution in [-0.2, 0) is 16.0 Å². The third-order valence-corrected chi connectivity index (χ3v) is 7.38. The summed E-state index contributed by atoms with van der Waals surface area (Å²) in [5.41, 5.74) is 2.48. The number of rotatable bonds is 11. The van der Waals surface area contributed by atoms with Crippen LogP contribution in [0.2, 0.25) is 0 Å². The molecule has 6 nitrogen and oxygen atoms in total. The minimum Gasteiger partial charge on any atom is -0.494 e. The first-order valence-electron chi connectivity index (χ1n) is 13.6. The molecule has 0 aliphatic heterocycles. The number of carbonyl (C=O) groups excluding carboxylic acids is 1. The number of anilines is 2. The first-order valence-corrected chi connectivity index (χ1v) is 13.6. The van der Waals surface area contributed by atoms with Crippen molar-refractivity contribution in [2.75, 3.05) is 23.4 Å². The lowest BCUT2D eigenvalue weighted by Gasteiger charge is -2.38. The molecule has 4 rings (SSSR count). The van der Waals surface area contributed by atoms with Gasteiger partial charge in [0.1, 0.15) is 11.6 Å². The first-order chi connectivity index (χ1) is 17.8. The number of benzene rings is 2. The van der Waals surface area contributed by atoms with Gasteiger partial charge in [-0.3, -0.25) is 9.59 Å². The maximum atomic E-state index is 15.5. The Morgan fingerprint density at radius 2 is 1.84 bits per heavy atom. The maximum absolute atomic E-state index is 15.5. The van der Waals surface area contributed by atoms with Gasteiger partial charge < -0.3 is 20.1 Å². The summed E-state index contributed by atoms with van der Waals surface area (Å²) < 4.78 is 21.0. The molecule has 0 bridgehead atoms. The second kappa shape index (κ2) is 12.0. The number of halogens is 1. The first kappa shape index (κ1) is 27.0. The molecule has 200 valence electrons. The van der Waals surface area contributed by atoms with Gasteiger partial charge in [0.2, 0.25) is 5.91 Å². The maximum Gasteiger partial charge on any atom is 0.307 e. The van der Waals surface area contributed by atoms with E-state index in [1.165, 1.54) is 12.5 Å². The number of aliphatic carboxylic acids is 1. The minimum absolute atomic E-state index is 0.174. The summed E-state index contributed by atoms with van der Waals surface area (Å²) in [6.45, 7) is 7.55. The van der Waals surface area contributed by atoms with Gasteiger partial charge in [0.05, 0.1) is 30.3 Å². The van der Waals surface area contributed by atoms with Crippen molar-refractivity contribution in [1.82, 2.24) is 0 Å². The van der Waals surface area contributed by atoms with Crippen LogP contribution in [-0.4, -0.2) is 36.2 Å². The van der Waals surface area contributed by atoms with Crippen LogP contribution in [0, 0.1) is 17.7 Å². The highest BCUT2D eigenvalue weighted by atomic mass is 19.1. The lowest BCUT2D eigenvalue weighted by atomic mass is 9.92. The Bertz CT molecular complexity index is 1100. The Morgan fingerprint density at radius 1 is 1.14 bits per heavy atom. The van der Waals surface area contributed by atoms with E-state index in [4.69, 9.17) is 4.74 Å². The largest absolute Gasteiger partial charge is 0.494 e. The van der Waals surface area contributed by atoms with E-state index in [-0.39, 0.29) is 24.3 Å². The summed E-state index contributed by atoms with van der Waals surface area (Å²) in [4.78, 5) is 26.9. The Hall–Kier alpha value is -3.09. The number of carbonyl (C=O) groups is 2. The second-order valence-corrected chi connectivity index (χ2v) is 10.8. The molecule has 0 heterocycles. The number of amides is 1. The summed E-state index contributed by atoms with van der Waals surface area (Å²) >= 11 is 0. The van der Waals surface area contributed by atoms with Crippen molar-refractivity contribution in [2.24, 2.45) is 11.8 Å². The number of hydrogen-bond donors (Lipinski definition) is 2. The summed E-state index contributed by atoms with van der Waals surface area (Å²) in [5, 5.41) is 12.5. The van der Waals surface area contributed by atoms with E-state index >= 15 is 4.39 Å². The topological polar surface area (TPSA) is 78.9 Å². The molecule has 1 amide bonds. The van der Waals surface area contributed by atoms with Crippen LogP contribution >= 0.6 is 0 Å². The summed E-state index contributed by atoms with van der Waals surface area (Å²) in [6, 6.07) is 10.9. The number of nitrogens with one attached hydrogen (secondary N) is 1. The molecule has 7 heteroatoms.